The summed E-state index contributed by atoms with van der Waals surface area (Å²) in [5, 5.41) is 9.84. The number of carbonyl (C=O) groups excluding carboxylic acids is 1. The quantitative estimate of drug-likeness (QED) is 0.815. The largest absolute Gasteiger partial charge is 0.469 e. The summed E-state index contributed by atoms with van der Waals surface area (Å²) in [4.78, 5) is 26.7. The summed E-state index contributed by atoms with van der Waals surface area (Å²) in [6, 6.07) is 4.98. The van der Waals surface area contributed by atoms with E-state index < -0.39 is 5.92 Å². The summed E-state index contributed by atoms with van der Waals surface area (Å²) in [5.41, 5.74) is 0.800. The van der Waals surface area contributed by atoms with Gasteiger partial charge >= 0.3 is 5.97 Å². The molecule has 3 rings (SSSR count). The Balaban J connectivity index is 2.14. The number of pyridine rings is 1. The average Bonchev–Trinajstić information content (AvgIpc) is 2.73. The van der Waals surface area contributed by atoms with Gasteiger partial charge in [-0.05, 0) is 19.0 Å². The molecule has 4 atom stereocenters. The molecule has 0 aliphatic carbocycles. The lowest BCUT2D eigenvalue weighted by Crippen LogP contribution is -2.46. The predicted molar refractivity (Wildman–Crippen MR) is 80.3 cm³/mol. The van der Waals surface area contributed by atoms with Crippen molar-refractivity contribution < 1.29 is 14.6 Å². The van der Waals surface area contributed by atoms with Crippen LogP contribution in [0.3, 0.4) is 0 Å². The Morgan fingerprint density at radius 1 is 1.45 bits per heavy atom. The van der Waals surface area contributed by atoms with Gasteiger partial charge in [0.2, 0.25) is 0 Å². The minimum atomic E-state index is -0.429. The maximum atomic E-state index is 12.3. The van der Waals surface area contributed by atoms with Crippen LogP contribution in [0.4, 0.5) is 0 Å². The van der Waals surface area contributed by atoms with Gasteiger partial charge in [-0.15, -0.1) is 0 Å². The van der Waals surface area contributed by atoms with Crippen LogP contribution in [0.1, 0.15) is 25.1 Å². The number of aromatic nitrogens is 1. The van der Waals surface area contributed by atoms with Crippen LogP contribution in [-0.4, -0.2) is 46.8 Å². The number of esters is 1. The van der Waals surface area contributed by atoms with E-state index in [9.17, 15) is 14.7 Å². The van der Waals surface area contributed by atoms with Crippen molar-refractivity contribution in [2.75, 3.05) is 20.3 Å². The fraction of sp³-hybridized carbons (Fsp3) is 0.625. The van der Waals surface area contributed by atoms with Crippen molar-refractivity contribution in [2.45, 2.75) is 32.0 Å². The maximum absolute atomic E-state index is 12.3. The van der Waals surface area contributed by atoms with Crippen LogP contribution in [0.15, 0.2) is 23.0 Å². The van der Waals surface area contributed by atoms with E-state index in [1.807, 2.05) is 6.07 Å². The molecule has 0 saturated carbocycles. The van der Waals surface area contributed by atoms with E-state index in [4.69, 9.17) is 4.74 Å². The van der Waals surface area contributed by atoms with Gasteiger partial charge in [0.1, 0.15) is 0 Å². The van der Waals surface area contributed by atoms with Gasteiger partial charge in [-0.2, -0.15) is 0 Å². The number of ether oxygens (including phenoxy) is 1. The van der Waals surface area contributed by atoms with Crippen molar-refractivity contribution >= 4 is 5.97 Å². The first-order chi connectivity index (χ1) is 10.6. The molecule has 2 aliphatic heterocycles. The molecule has 1 aromatic heterocycles. The third-order valence-electron chi connectivity index (χ3n) is 5.00. The molecule has 6 heteroatoms. The van der Waals surface area contributed by atoms with Crippen LogP contribution in [-0.2, 0) is 16.1 Å². The summed E-state index contributed by atoms with van der Waals surface area (Å²) < 4.78 is 6.73. The van der Waals surface area contributed by atoms with E-state index in [0.717, 1.165) is 18.7 Å². The van der Waals surface area contributed by atoms with Crippen molar-refractivity contribution in [1.29, 1.82) is 0 Å². The second kappa shape index (κ2) is 5.85. The minimum absolute atomic E-state index is 0.00773. The van der Waals surface area contributed by atoms with Gasteiger partial charge in [0.15, 0.2) is 0 Å². The molecular formula is C16H22N2O4. The summed E-state index contributed by atoms with van der Waals surface area (Å²) in [7, 11) is 1.38. The second-order valence-corrected chi connectivity index (χ2v) is 6.04. The van der Waals surface area contributed by atoms with Gasteiger partial charge in [-0.3, -0.25) is 14.5 Å². The Kier molecular flexibility index (Phi) is 4.06. The average molecular weight is 306 g/mol. The second-order valence-electron chi connectivity index (χ2n) is 6.04. The molecule has 0 amide bonds. The lowest BCUT2D eigenvalue weighted by molar-refractivity contribution is -0.148. The summed E-state index contributed by atoms with van der Waals surface area (Å²) >= 11 is 0. The van der Waals surface area contributed by atoms with Gasteiger partial charge in [0.25, 0.3) is 5.56 Å². The number of methoxy groups -OCH3 is 1. The molecule has 0 radical (unpaired) electrons. The molecule has 1 N–H and O–H groups in total. The fourth-order valence-electron chi connectivity index (χ4n) is 4.14. The van der Waals surface area contributed by atoms with E-state index >= 15 is 0 Å². The summed E-state index contributed by atoms with van der Waals surface area (Å²) in [5.74, 6) is -0.942. The Bertz CT molecular complexity index is 627. The number of nitrogens with zero attached hydrogens (tertiary/aromatic N) is 2. The van der Waals surface area contributed by atoms with Crippen LogP contribution in [0.25, 0.3) is 0 Å². The Hall–Kier alpha value is -1.66. The smallest absolute Gasteiger partial charge is 0.311 e. The number of carbonyl (C=O) groups is 1. The number of hydrogen-bond acceptors (Lipinski definition) is 5. The molecule has 2 aliphatic rings. The number of aliphatic hydroxyl groups excluding tert-OH is 1. The molecule has 1 saturated heterocycles. The number of rotatable bonds is 4. The summed E-state index contributed by atoms with van der Waals surface area (Å²) in [6.07, 6.45) is 0.954. The van der Waals surface area contributed by atoms with E-state index in [-0.39, 0.29) is 36.1 Å². The normalized spacial score (nSPS) is 30.1. The maximum Gasteiger partial charge on any atom is 0.311 e. The Morgan fingerprint density at radius 2 is 2.23 bits per heavy atom. The highest BCUT2D eigenvalue weighted by atomic mass is 16.5. The van der Waals surface area contributed by atoms with Gasteiger partial charge in [0.05, 0.1) is 19.1 Å². The van der Waals surface area contributed by atoms with Crippen LogP contribution in [0.5, 0.6) is 0 Å². The first kappa shape index (κ1) is 15.2. The molecule has 22 heavy (non-hydrogen) atoms. The predicted octanol–water partition coefficient (Wildman–Crippen LogP) is 0.395. The molecule has 120 valence electrons. The van der Waals surface area contributed by atoms with Crippen molar-refractivity contribution in [2.24, 2.45) is 11.8 Å². The zero-order valence-corrected chi connectivity index (χ0v) is 12.9. The van der Waals surface area contributed by atoms with Gasteiger partial charge in [0, 0.05) is 36.9 Å². The van der Waals surface area contributed by atoms with Crippen molar-refractivity contribution in [1.82, 2.24) is 9.47 Å². The highest BCUT2D eigenvalue weighted by Gasteiger charge is 2.55. The highest BCUT2D eigenvalue weighted by Crippen LogP contribution is 2.48. The lowest BCUT2D eigenvalue weighted by atomic mass is 9.87. The number of fused-ring (bicyclic) bond motifs is 4. The van der Waals surface area contributed by atoms with E-state index in [1.54, 1.807) is 16.7 Å². The van der Waals surface area contributed by atoms with Crippen LogP contribution < -0.4 is 5.56 Å². The number of hydrogen-bond donors (Lipinski definition) is 1. The molecule has 1 fully saturated rings. The molecule has 1 aromatic rings. The van der Waals surface area contributed by atoms with Gasteiger partial charge < -0.3 is 14.4 Å². The molecule has 0 aromatic carbocycles. The monoisotopic (exact) mass is 306 g/mol. The molecule has 6 nitrogen and oxygen atoms in total. The van der Waals surface area contributed by atoms with Crippen molar-refractivity contribution in [3.63, 3.8) is 0 Å². The molecule has 0 spiro atoms. The third-order valence-corrected chi connectivity index (χ3v) is 5.00. The van der Waals surface area contributed by atoms with Crippen molar-refractivity contribution in [3.05, 3.63) is 34.2 Å². The van der Waals surface area contributed by atoms with E-state index in [2.05, 4.69) is 11.8 Å². The van der Waals surface area contributed by atoms with Gasteiger partial charge in [-0.25, -0.2) is 0 Å². The molecule has 0 unspecified atom stereocenters. The zero-order chi connectivity index (χ0) is 15.9. The molecule has 2 bridgehead atoms. The zero-order valence-electron chi connectivity index (χ0n) is 12.9. The minimum Gasteiger partial charge on any atom is -0.469 e. The number of aliphatic hydroxyl groups is 1. The van der Waals surface area contributed by atoms with E-state index in [0.29, 0.717) is 6.54 Å². The third kappa shape index (κ3) is 2.09. The first-order valence-corrected chi connectivity index (χ1v) is 7.78. The SMILES string of the molecule is CCCN1[C@@H]2c3cccc(=O)n3C[C@H]1[C@H](CO)[C@H]2C(=O)OC. The standard InChI is InChI=1S/C16H22N2O4/c1-3-7-17-12-8-18-11(5-4-6-13(18)20)15(17)14(10(12)9-19)16(21)22-2/h4-6,10,12,14-15,19H,3,7-9H2,1-2H3/t10-,12-,14+,15+/m0/s1. The topological polar surface area (TPSA) is 71.8 Å². The lowest BCUT2D eigenvalue weighted by Gasteiger charge is -2.37. The van der Waals surface area contributed by atoms with Gasteiger partial charge in [-0.1, -0.05) is 13.0 Å². The Labute approximate surface area is 129 Å². The molecular weight excluding hydrogens is 284 g/mol. The molecule has 3 heterocycles. The Morgan fingerprint density at radius 3 is 2.86 bits per heavy atom. The van der Waals surface area contributed by atoms with E-state index in [1.165, 1.54) is 7.11 Å². The highest BCUT2D eigenvalue weighted by molar-refractivity contribution is 5.74. The van der Waals surface area contributed by atoms with Crippen LogP contribution in [0, 0.1) is 11.8 Å². The summed E-state index contributed by atoms with van der Waals surface area (Å²) in [6.45, 7) is 3.36. The fourth-order valence-corrected chi connectivity index (χ4v) is 4.14. The first-order valence-electron chi connectivity index (χ1n) is 7.78. The van der Waals surface area contributed by atoms with Crippen LogP contribution >= 0.6 is 0 Å². The van der Waals surface area contributed by atoms with Crippen molar-refractivity contribution in [3.8, 4) is 0 Å². The van der Waals surface area contributed by atoms with Crippen LogP contribution in [0.2, 0.25) is 0 Å².